The highest BCUT2D eigenvalue weighted by atomic mass is 16.5. The third kappa shape index (κ3) is 3.30. The molecule has 2 atom stereocenters. The van der Waals surface area contributed by atoms with Gasteiger partial charge in [0.1, 0.15) is 11.6 Å². The summed E-state index contributed by atoms with van der Waals surface area (Å²) in [5, 5.41) is 7.18. The summed E-state index contributed by atoms with van der Waals surface area (Å²) in [6, 6.07) is 0. The van der Waals surface area contributed by atoms with Crippen LogP contribution in [-0.4, -0.2) is 51.4 Å². The number of hydrogen-bond acceptors (Lipinski definition) is 6. The second-order valence-electron chi connectivity index (χ2n) is 5.64. The highest BCUT2D eigenvalue weighted by molar-refractivity contribution is 5.03. The van der Waals surface area contributed by atoms with Crippen molar-refractivity contribution in [1.82, 2.24) is 25.1 Å². The van der Waals surface area contributed by atoms with Crippen LogP contribution >= 0.6 is 0 Å². The predicted molar refractivity (Wildman–Crippen MR) is 75.8 cm³/mol. The number of nitrogens with zero attached hydrogens (tertiary/aromatic N) is 4. The molecule has 0 spiro atoms. The lowest BCUT2D eigenvalue weighted by Crippen LogP contribution is -2.32. The summed E-state index contributed by atoms with van der Waals surface area (Å²) in [7, 11) is 2.04. The molecule has 0 amide bonds. The van der Waals surface area contributed by atoms with Crippen molar-refractivity contribution < 1.29 is 9.15 Å². The van der Waals surface area contributed by atoms with Crippen LogP contribution in [0, 0.1) is 13.8 Å². The zero-order chi connectivity index (χ0) is 14.8. The van der Waals surface area contributed by atoms with Crippen molar-refractivity contribution in [1.29, 1.82) is 0 Å². The smallest absolute Gasteiger partial charge is 0.208 e. The number of likely N-dealkylation sites (N-methyl/N-ethyl adjacent to an activating group) is 1. The van der Waals surface area contributed by atoms with E-state index in [0.717, 1.165) is 42.9 Å². The molecule has 0 unspecified atom stereocenters. The topological polar surface area (TPSA) is 80.1 Å². The molecule has 1 fully saturated rings. The number of aromatic amines is 1. The Morgan fingerprint density at radius 3 is 2.95 bits per heavy atom. The van der Waals surface area contributed by atoms with E-state index in [1.807, 2.05) is 20.9 Å². The molecule has 0 bridgehead atoms. The molecule has 114 valence electrons. The van der Waals surface area contributed by atoms with Gasteiger partial charge >= 0.3 is 0 Å². The van der Waals surface area contributed by atoms with Crippen LogP contribution in [0.5, 0.6) is 0 Å². The average molecular weight is 291 g/mol. The molecule has 0 saturated carbocycles. The SMILES string of the molecule is Cc1nc([C@@H]2CCO[C@@H]2CN(C)Cc2ncc(C)o2)n[nH]1. The Morgan fingerprint density at radius 2 is 2.29 bits per heavy atom. The van der Waals surface area contributed by atoms with Crippen LogP contribution in [0.25, 0.3) is 0 Å². The Hall–Kier alpha value is -1.73. The summed E-state index contributed by atoms with van der Waals surface area (Å²) in [6.07, 6.45) is 2.82. The van der Waals surface area contributed by atoms with Crippen molar-refractivity contribution in [3.63, 3.8) is 0 Å². The lowest BCUT2D eigenvalue weighted by Gasteiger charge is -2.22. The van der Waals surface area contributed by atoms with Crippen LogP contribution in [0.15, 0.2) is 10.6 Å². The highest BCUT2D eigenvalue weighted by Crippen LogP contribution is 2.29. The van der Waals surface area contributed by atoms with E-state index in [1.54, 1.807) is 6.20 Å². The first kappa shape index (κ1) is 14.2. The van der Waals surface area contributed by atoms with E-state index in [9.17, 15) is 0 Å². The van der Waals surface area contributed by atoms with Crippen LogP contribution in [0.3, 0.4) is 0 Å². The van der Waals surface area contributed by atoms with Gasteiger partial charge in [-0.3, -0.25) is 10.00 Å². The fourth-order valence-electron chi connectivity index (χ4n) is 2.73. The van der Waals surface area contributed by atoms with Gasteiger partial charge in [0.2, 0.25) is 5.89 Å². The third-order valence-corrected chi connectivity index (χ3v) is 3.72. The van der Waals surface area contributed by atoms with E-state index in [0.29, 0.717) is 6.54 Å². The quantitative estimate of drug-likeness (QED) is 0.897. The lowest BCUT2D eigenvalue weighted by molar-refractivity contribution is 0.0688. The fourth-order valence-corrected chi connectivity index (χ4v) is 2.73. The van der Waals surface area contributed by atoms with E-state index < -0.39 is 0 Å². The molecule has 1 N–H and O–H groups in total. The molecule has 2 aromatic rings. The van der Waals surface area contributed by atoms with Crippen LogP contribution in [-0.2, 0) is 11.3 Å². The minimum atomic E-state index is 0.112. The molecule has 3 rings (SSSR count). The zero-order valence-electron chi connectivity index (χ0n) is 12.7. The second kappa shape index (κ2) is 5.95. The van der Waals surface area contributed by atoms with E-state index in [4.69, 9.17) is 9.15 Å². The minimum Gasteiger partial charge on any atom is -0.445 e. The fraction of sp³-hybridized carbons (Fsp3) is 0.643. The Kier molecular flexibility index (Phi) is 4.03. The maximum absolute atomic E-state index is 5.86. The van der Waals surface area contributed by atoms with E-state index in [-0.39, 0.29) is 12.0 Å². The summed E-state index contributed by atoms with van der Waals surface area (Å²) in [5.41, 5.74) is 0. The number of oxazole rings is 1. The summed E-state index contributed by atoms with van der Waals surface area (Å²) >= 11 is 0. The molecular weight excluding hydrogens is 270 g/mol. The van der Waals surface area contributed by atoms with Gasteiger partial charge in [0.05, 0.1) is 24.8 Å². The van der Waals surface area contributed by atoms with Crippen molar-refractivity contribution >= 4 is 0 Å². The molecule has 1 aliphatic rings. The van der Waals surface area contributed by atoms with Crippen LogP contribution < -0.4 is 0 Å². The summed E-state index contributed by atoms with van der Waals surface area (Å²) in [6.45, 7) is 6.05. The Bertz CT molecular complexity index is 594. The molecule has 0 aliphatic carbocycles. The molecule has 1 aliphatic heterocycles. The first-order valence-corrected chi connectivity index (χ1v) is 7.22. The summed E-state index contributed by atoms with van der Waals surface area (Å²) in [5.74, 6) is 3.53. The van der Waals surface area contributed by atoms with Crippen LogP contribution in [0.4, 0.5) is 0 Å². The van der Waals surface area contributed by atoms with Gasteiger partial charge in [-0.1, -0.05) is 0 Å². The molecule has 1 saturated heterocycles. The first-order chi connectivity index (χ1) is 10.1. The summed E-state index contributed by atoms with van der Waals surface area (Å²) in [4.78, 5) is 10.8. The van der Waals surface area contributed by atoms with Crippen LogP contribution in [0.1, 0.15) is 35.6 Å². The number of aryl methyl sites for hydroxylation is 2. The maximum Gasteiger partial charge on any atom is 0.208 e. The number of H-pyrrole nitrogens is 1. The number of nitrogens with one attached hydrogen (secondary N) is 1. The van der Waals surface area contributed by atoms with Crippen molar-refractivity contribution in [2.24, 2.45) is 0 Å². The minimum absolute atomic E-state index is 0.112. The van der Waals surface area contributed by atoms with Crippen LogP contribution in [0.2, 0.25) is 0 Å². The van der Waals surface area contributed by atoms with Gasteiger partial charge in [-0.25, -0.2) is 9.97 Å². The maximum atomic E-state index is 5.86. The molecule has 0 aromatic carbocycles. The molecular formula is C14H21N5O2. The van der Waals surface area contributed by atoms with Gasteiger partial charge in [0.25, 0.3) is 0 Å². The van der Waals surface area contributed by atoms with E-state index in [1.165, 1.54) is 0 Å². The number of hydrogen-bond donors (Lipinski definition) is 1. The van der Waals surface area contributed by atoms with E-state index >= 15 is 0 Å². The Labute approximate surface area is 123 Å². The number of ether oxygens (including phenoxy) is 1. The molecule has 7 nitrogen and oxygen atoms in total. The third-order valence-electron chi connectivity index (χ3n) is 3.72. The van der Waals surface area contributed by atoms with Crippen molar-refractivity contribution in [3.05, 3.63) is 29.5 Å². The van der Waals surface area contributed by atoms with Gasteiger partial charge in [0.15, 0.2) is 5.82 Å². The Balaban J connectivity index is 1.60. The molecule has 7 heteroatoms. The van der Waals surface area contributed by atoms with Crippen molar-refractivity contribution in [3.8, 4) is 0 Å². The molecule has 2 aromatic heterocycles. The first-order valence-electron chi connectivity index (χ1n) is 7.22. The van der Waals surface area contributed by atoms with E-state index in [2.05, 4.69) is 25.1 Å². The van der Waals surface area contributed by atoms with Gasteiger partial charge < -0.3 is 9.15 Å². The standard InChI is InChI=1S/C14H21N5O2/c1-9-6-15-13(21-9)8-19(3)7-12-11(4-5-20-12)14-16-10(2)17-18-14/h6,11-12H,4-5,7-8H2,1-3H3,(H,16,17,18)/t11-,12-/m1/s1. The largest absolute Gasteiger partial charge is 0.445 e. The van der Waals surface area contributed by atoms with Gasteiger partial charge in [-0.05, 0) is 27.3 Å². The summed E-state index contributed by atoms with van der Waals surface area (Å²) < 4.78 is 11.4. The normalized spacial score (nSPS) is 22.3. The highest BCUT2D eigenvalue weighted by Gasteiger charge is 2.33. The average Bonchev–Trinajstić information content (AvgIpc) is 3.12. The number of aromatic nitrogens is 4. The molecule has 21 heavy (non-hydrogen) atoms. The monoisotopic (exact) mass is 291 g/mol. The predicted octanol–water partition coefficient (Wildman–Crippen LogP) is 1.41. The lowest BCUT2D eigenvalue weighted by atomic mass is 10.0. The van der Waals surface area contributed by atoms with Gasteiger partial charge in [-0.2, -0.15) is 5.10 Å². The Morgan fingerprint density at radius 1 is 1.43 bits per heavy atom. The molecule has 3 heterocycles. The number of rotatable bonds is 5. The van der Waals surface area contributed by atoms with Crippen molar-refractivity contribution in [2.45, 2.75) is 38.8 Å². The second-order valence-corrected chi connectivity index (χ2v) is 5.64. The van der Waals surface area contributed by atoms with Gasteiger partial charge in [0, 0.05) is 13.2 Å². The zero-order valence-corrected chi connectivity index (χ0v) is 12.7. The van der Waals surface area contributed by atoms with Gasteiger partial charge in [-0.15, -0.1) is 0 Å². The molecule has 0 radical (unpaired) electrons. The van der Waals surface area contributed by atoms with Crippen molar-refractivity contribution in [2.75, 3.05) is 20.2 Å².